The van der Waals surface area contributed by atoms with Gasteiger partial charge in [0.15, 0.2) is 0 Å². The molecule has 0 saturated heterocycles. The summed E-state index contributed by atoms with van der Waals surface area (Å²) in [6.07, 6.45) is 0. The van der Waals surface area contributed by atoms with Crippen LogP contribution >= 0.6 is 23.2 Å². The SMILES string of the molecule is O.O=C(C(F)(F)Cl)C(F)(F)Cl. The number of halogens is 6. The van der Waals surface area contributed by atoms with Gasteiger partial charge in [0, 0.05) is 0 Å². The zero-order chi connectivity index (χ0) is 8.58. The Morgan fingerprint density at radius 2 is 1.18 bits per heavy atom. The van der Waals surface area contributed by atoms with Crippen LogP contribution in [0.5, 0.6) is 0 Å². The molecule has 0 atom stereocenters. The molecule has 0 aliphatic heterocycles. The van der Waals surface area contributed by atoms with E-state index in [2.05, 4.69) is 23.2 Å². The summed E-state index contributed by atoms with van der Waals surface area (Å²) in [7, 11) is 0. The van der Waals surface area contributed by atoms with Gasteiger partial charge in [-0.2, -0.15) is 17.6 Å². The van der Waals surface area contributed by atoms with E-state index >= 15 is 0 Å². The number of alkyl halides is 6. The van der Waals surface area contributed by atoms with Crippen molar-refractivity contribution >= 4 is 29.0 Å². The molecule has 0 radical (unpaired) electrons. The van der Waals surface area contributed by atoms with Crippen LogP contribution in [-0.4, -0.2) is 22.0 Å². The average Bonchev–Trinajstić information content (AvgIpc) is 1.59. The zero-order valence-corrected chi connectivity index (χ0v) is 6.19. The van der Waals surface area contributed by atoms with Crippen molar-refractivity contribution in [3.63, 3.8) is 0 Å². The van der Waals surface area contributed by atoms with Crippen molar-refractivity contribution in [2.45, 2.75) is 10.8 Å². The average molecular weight is 217 g/mol. The van der Waals surface area contributed by atoms with Crippen LogP contribution in [0.15, 0.2) is 0 Å². The van der Waals surface area contributed by atoms with Crippen LogP contribution in [0.3, 0.4) is 0 Å². The summed E-state index contributed by atoms with van der Waals surface area (Å²) in [5.41, 5.74) is 0. The Labute approximate surface area is 68.4 Å². The van der Waals surface area contributed by atoms with Gasteiger partial charge in [0.25, 0.3) is 0 Å². The Bertz CT molecular complexity index is 132. The molecular formula is C3H2Cl2F4O2. The van der Waals surface area contributed by atoms with E-state index in [1.54, 1.807) is 0 Å². The van der Waals surface area contributed by atoms with Crippen molar-refractivity contribution in [2.24, 2.45) is 0 Å². The fourth-order valence-corrected chi connectivity index (χ4v) is 0.446. The lowest BCUT2D eigenvalue weighted by molar-refractivity contribution is -0.148. The summed E-state index contributed by atoms with van der Waals surface area (Å²) in [5.74, 6) is -2.82. The second kappa shape index (κ2) is 3.55. The van der Waals surface area contributed by atoms with Crippen LogP contribution in [0, 0.1) is 0 Å². The standard InChI is InChI=1S/C3Cl2F4O.H2O/c4-2(6,7)1(10)3(5,8)9;/h;1H2. The third-order valence-corrected chi connectivity index (χ3v) is 0.858. The number of ketones is 1. The number of carbonyl (C=O) groups is 1. The summed E-state index contributed by atoms with van der Waals surface area (Å²) in [6.45, 7) is 0. The smallest absolute Gasteiger partial charge is 0.387 e. The van der Waals surface area contributed by atoms with Crippen molar-refractivity contribution < 1.29 is 27.8 Å². The van der Waals surface area contributed by atoms with Crippen LogP contribution in [0.25, 0.3) is 0 Å². The monoisotopic (exact) mass is 216 g/mol. The minimum Gasteiger partial charge on any atom is -0.412 e. The van der Waals surface area contributed by atoms with Gasteiger partial charge in [-0.25, -0.2) is 0 Å². The van der Waals surface area contributed by atoms with Gasteiger partial charge in [-0.3, -0.25) is 4.79 Å². The summed E-state index contributed by atoms with van der Waals surface area (Å²) in [6, 6.07) is 0. The molecule has 0 spiro atoms. The molecule has 11 heavy (non-hydrogen) atoms. The predicted molar refractivity (Wildman–Crippen MR) is 30.2 cm³/mol. The van der Waals surface area contributed by atoms with E-state index in [9.17, 15) is 22.4 Å². The first kappa shape index (κ1) is 13.5. The van der Waals surface area contributed by atoms with Crippen LogP contribution < -0.4 is 0 Å². The lowest BCUT2D eigenvalue weighted by Crippen LogP contribution is -2.34. The number of hydrogen-bond donors (Lipinski definition) is 0. The highest BCUT2D eigenvalue weighted by Gasteiger charge is 2.51. The molecule has 0 aliphatic rings. The molecule has 0 aliphatic carbocycles. The molecule has 0 aromatic heterocycles. The fourth-order valence-electron chi connectivity index (χ4n) is 0.161. The van der Waals surface area contributed by atoms with E-state index < -0.39 is 16.5 Å². The van der Waals surface area contributed by atoms with E-state index in [1.165, 1.54) is 0 Å². The van der Waals surface area contributed by atoms with Gasteiger partial charge in [0.1, 0.15) is 0 Å². The Kier molecular flexibility index (Phi) is 4.36. The van der Waals surface area contributed by atoms with E-state index in [-0.39, 0.29) is 5.48 Å². The lowest BCUT2D eigenvalue weighted by Gasteiger charge is -2.09. The topological polar surface area (TPSA) is 48.6 Å². The second-order valence-corrected chi connectivity index (χ2v) is 2.27. The molecule has 0 amide bonds. The Hall–Kier alpha value is -0.0700. The third-order valence-electron chi connectivity index (χ3n) is 0.515. The van der Waals surface area contributed by atoms with Gasteiger partial charge < -0.3 is 5.48 Å². The maximum absolute atomic E-state index is 11.5. The highest BCUT2D eigenvalue weighted by molar-refractivity contribution is 6.41. The van der Waals surface area contributed by atoms with Crippen LogP contribution in [0.4, 0.5) is 17.6 Å². The molecule has 68 valence electrons. The second-order valence-electron chi connectivity index (χ2n) is 1.32. The van der Waals surface area contributed by atoms with E-state index in [4.69, 9.17) is 0 Å². The minimum absolute atomic E-state index is 0. The summed E-state index contributed by atoms with van der Waals surface area (Å²) >= 11 is 7.84. The first-order chi connectivity index (χ1) is 4.15. The Morgan fingerprint density at radius 1 is 1.00 bits per heavy atom. The Morgan fingerprint density at radius 3 is 1.18 bits per heavy atom. The number of Topliss-reactive ketones (excluding diaryl/α,β-unsaturated/α-hetero) is 1. The number of rotatable bonds is 2. The van der Waals surface area contributed by atoms with Crippen LogP contribution in [0.1, 0.15) is 0 Å². The van der Waals surface area contributed by atoms with Crippen LogP contribution in [0.2, 0.25) is 0 Å². The summed E-state index contributed by atoms with van der Waals surface area (Å²) in [5, 5.41) is -9.21. The molecule has 0 aromatic rings. The van der Waals surface area contributed by atoms with Crippen molar-refractivity contribution in [3.05, 3.63) is 0 Å². The molecule has 0 unspecified atom stereocenters. The first-order valence-corrected chi connectivity index (χ1v) is 2.59. The fraction of sp³-hybridized carbons (Fsp3) is 0.667. The molecule has 2 nitrogen and oxygen atoms in total. The lowest BCUT2D eigenvalue weighted by atomic mass is 10.4. The highest BCUT2D eigenvalue weighted by atomic mass is 35.5. The zero-order valence-electron chi connectivity index (χ0n) is 4.68. The van der Waals surface area contributed by atoms with Gasteiger partial charge in [-0.05, 0) is 23.2 Å². The molecule has 8 heteroatoms. The summed E-state index contributed by atoms with van der Waals surface area (Å²) < 4.78 is 45.9. The highest BCUT2D eigenvalue weighted by Crippen LogP contribution is 2.32. The predicted octanol–water partition coefficient (Wildman–Crippen LogP) is 1.39. The summed E-state index contributed by atoms with van der Waals surface area (Å²) in [4.78, 5) is 9.72. The van der Waals surface area contributed by atoms with Crippen molar-refractivity contribution in [1.82, 2.24) is 0 Å². The van der Waals surface area contributed by atoms with Gasteiger partial charge in [-0.15, -0.1) is 0 Å². The largest absolute Gasteiger partial charge is 0.412 e. The van der Waals surface area contributed by atoms with Crippen molar-refractivity contribution in [2.75, 3.05) is 0 Å². The number of hydrogen-bond acceptors (Lipinski definition) is 1. The molecule has 0 rings (SSSR count). The molecule has 0 fully saturated rings. The molecule has 0 bridgehead atoms. The van der Waals surface area contributed by atoms with Gasteiger partial charge >= 0.3 is 16.5 Å². The Balaban J connectivity index is 0. The van der Waals surface area contributed by atoms with Crippen LogP contribution in [-0.2, 0) is 4.79 Å². The van der Waals surface area contributed by atoms with E-state index in [1.807, 2.05) is 0 Å². The van der Waals surface area contributed by atoms with Crippen molar-refractivity contribution in [1.29, 1.82) is 0 Å². The normalized spacial score (nSPS) is 12.2. The van der Waals surface area contributed by atoms with Crippen molar-refractivity contribution in [3.8, 4) is 0 Å². The molecule has 0 saturated carbocycles. The molecule has 2 N–H and O–H groups in total. The first-order valence-electron chi connectivity index (χ1n) is 1.84. The van der Waals surface area contributed by atoms with Gasteiger partial charge in [0.2, 0.25) is 0 Å². The maximum Gasteiger partial charge on any atom is 0.387 e. The van der Waals surface area contributed by atoms with E-state index in [0.29, 0.717) is 0 Å². The minimum atomic E-state index is -4.61. The quantitative estimate of drug-likeness (QED) is 0.509. The number of carbonyl (C=O) groups excluding carboxylic acids is 1. The third kappa shape index (κ3) is 4.39. The molecular weight excluding hydrogens is 215 g/mol. The molecule has 0 aromatic carbocycles. The maximum atomic E-state index is 11.5. The van der Waals surface area contributed by atoms with Gasteiger partial charge in [0.05, 0.1) is 0 Å². The van der Waals surface area contributed by atoms with E-state index in [0.717, 1.165) is 0 Å². The molecule has 0 heterocycles. The van der Waals surface area contributed by atoms with Gasteiger partial charge in [-0.1, -0.05) is 0 Å².